The lowest BCUT2D eigenvalue weighted by Crippen LogP contribution is -2.53. The molecule has 1 aromatic heterocycles. The zero-order valence-corrected chi connectivity index (χ0v) is 23.7. The fourth-order valence-electron chi connectivity index (χ4n) is 4.60. The Labute approximate surface area is 249 Å². The molecule has 3 aliphatic heterocycles. The molecule has 0 radical (unpaired) electrons. The molecule has 21 heteroatoms. The summed E-state index contributed by atoms with van der Waals surface area (Å²) in [6.45, 7) is 6.84. The molecule has 1 amide bonds. The van der Waals surface area contributed by atoms with Crippen LogP contribution in [-0.2, 0) is 25.7 Å². The van der Waals surface area contributed by atoms with Gasteiger partial charge in [-0.2, -0.15) is 39.5 Å². The van der Waals surface area contributed by atoms with E-state index in [2.05, 4.69) is 33.7 Å². The average Bonchev–Trinajstić information content (AvgIpc) is 3.62. The Morgan fingerprint density at radius 2 is 1.24 bits per heavy atom. The Hall–Kier alpha value is -3.59. The minimum atomic E-state index is -5.08. The molecule has 0 saturated carbocycles. The molecule has 0 spiro atoms. The summed E-state index contributed by atoms with van der Waals surface area (Å²) in [5.74, 6) is -7.31. The smallest absolute Gasteiger partial charge is 0.475 e. The van der Waals surface area contributed by atoms with Gasteiger partial charge in [-0.15, -0.1) is 0 Å². The maximum atomic E-state index is 12.9. The number of aliphatic carboxylic acids is 3. The summed E-state index contributed by atoms with van der Waals surface area (Å²) in [7, 11) is 4.27. The van der Waals surface area contributed by atoms with Gasteiger partial charge < -0.3 is 29.5 Å². The van der Waals surface area contributed by atoms with Crippen LogP contribution >= 0.6 is 0 Å². The van der Waals surface area contributed by atoms with Crippen molar-refractivity contribution in [1.82, 2.24) is 19.6 Å². The molecule has 45 heavy (non-hydrogen) atoms. The number of carbonyl (C=O) groups is 4. The second-order valence-electron chi connectivity index (χ2n) is 10.1. The van der Waals surface area contributed by atoms with Crippen LogP contribution in [0.25, 0.3) is 0 Å². The minimum Gasteiger partial charge on any atom is -0.475 e. The third-order valence-electron chi connectivity index (χ3n) is 6.84. The van der Waals surface area contributed by atoms with Gasteiger partial charge in [0.2, 0.25) is 5.91 Å². The molecular weight excluding hydrogens is 643 g/mol. The highest BCUT2D eigenvalue weighted by molar-refractivity contribution is 5.82. The number of piperazine rings is 1. The van der Waals surface area contributed by atoms with Crippen molar-refractivity contribution in [3.05, 3.63) is 24.2 Å². The number of rotatable bonds is 3. The van der Waals surface area contributed by atoms with E-state index in [1.807, 2.05) is 12.3 Å². The Morgan fingerprint density at radius 3 is 1.60 bits per heavy atom. The summed E-state index contributed by atoms with van der Waals surface area (Å²) in [5.41, 5.74) is 1.24. The molecule has 3 N–H and O–H groups in total. The number of halogens is 9. The molecule has 3 saturated heterocycles. The number of carboxylic acid groups (broad SMARTS) is 3. The van der Waals surface area contributed by atoms with Gasteiger partial charge in [-0.1, -0.05) is 0 Å². The van der Waals surface area contributed by atoms with Crippen molar-refractivity contribution in [2.24, 2.45) is 5.92 Å². The summed E-state index contributed by atoms with van der Waals surface area (Å²) in [6, 6.07) is 2.63. The zero-order chi connectivity index (χ0) is 34.9. The summed E-state index contributed by atoms with van der Waals surface area (Å²) in [4.78, 5) is 48.8. The first kappa shape index (κ1) is 39.4. The van der Waals surface area contributed by atoms with Gasteiger partial charge in [0.1, 0.15) is 0 Å². The van der Waals surface area contributed by atoms with E-state index >= 15 is 0 Å². The van der Waals surface area contributed by atoms with Crippen LogP contribution in [0.5, 0.6) is 0 Å². The van der Waals surface area contributed by atoms with Crippen molar-refractivity contribution < 1.29 is 78.4 Å². The van der Waals surface area contributed by atoms with Crippen molar-refractivity contribution in [3.8, 4) is 0 Å². The Balaban J connectivity index is 0.000000396. The van der Waals surface area contributed by atoms with E-state index in [1.165, 1.54) is 5.56 Å². The number of fused-ring (bicyclic) bond motifs is 1. The lowest BCUT2D eigenvalue weighted by Gasteiger charge is -2.36. The highest BCUT2D eigenvalue weighted by Crippen LogP contribution is 2.36. The van der Waals surface area contributed by atoms with E-state index < -0.39 is 36.4 Å². The van der Waals surface area contributed by atoms with Crippen LogP contribution in [0.15, 0.2) is 23.0 Å². The van der Waals surface area contributed by atoms with Crippen molar-refractivity contribution in [3.63, 3.8) is 0 Å². The van der Waals surface area contributed by atoms with E-state index in [0.717, 1.165) is 52.2 Å². The molecule has 4 rings (SSSR count). The fourth-order valence-corrected chi connectivity index (χ4v) is 4.60. The summed E-state index contributed by atoms with van der Waals surface area (Å²) in [6.07, 6.45) is -10.7. The normalized spacial score (nSPS) is 22.6. The molecule has 12 nitrogen and oxygen atoms in total. The van der Waals surface area contributed by atoms with Crippen molar-refractivity contribution in [2.45, 2.75) is 43.6 Å². The summed E-state index contributed by atoms with van der Waals surface area (Å²) >= 11 is 0. The molecule has 3 fully saturated rings. The van der Waals surface area contributed by atoms with Crippen LogP contribution < -0.4 is 0 Å². The number of hydrogen-bond donors (Lipinski definition) is 3. The van der Waals surface area contributed by atoms with Gasteiger partial charge >= 0.3 is 36.4 Å². The SMILES string of the molecule is CN1CCN(C(=O)[C@@H]2C[C@H]3CN(Cc4ccoc4)C[C@H]3N2C)CC1.O=C(O)C(F)(F)F.O=C(O)C(F)(F)F.O=C(O)C(F)(F)F. The number of carboxylic acids is 3. The lowest BCUT2D eigenvalue weighted by molar-refractivity contribution is -0.193. The largest absolute Gasteiger partial charge is 0.490 e. The van der Waals surface area contributed by atoms with Crippen molar-refractivity contribution in [2.75, 3.05) is 53.4 Å². The zero-order valence-electron chi connectivity index (χ0n) is 23.7. The predicted octanol–water partition coefficient (Wildman–Crippen LogP) is 2.46. The van der Waals surface area contributed by atoms with Gasteiger partial charge in [0.25, 0.3) is 0 Å². The van der Waals surface area contributed by atoms with Gasteiger partial charge in [0.05, 0.1) is 18.6 Å². The highest BCUT2D eigenvalue weighted by Gasteiger charge is 2.48. The quantitative estimate of drug-likeness (QED) is 0.405. The average molecular weight is 675 g/mol. The maximum Gasteiger partial charge on any atom is 0.490 e. The second kappa shape index (κ2) is 16.1. The number of hydrogen-bond acceptors (Lipinski definition) is 8. The number of furan rings is 1. The predicted molar refractivity (Wildman–Crippen MR) is 133 cm³/mol. The van der Waals surface area contributed by atoms with Gasteiger partial charge in [-0.05, 0) is 32.5 Å². The molecular formula is C24H31F9N4O8. The van der Waals surface area contributed by atoms with Gasteiger partial charge in [0.15, 0.2) is 0 Å². The van der Waals surface area contributed by atoms with E-state index in [1.54, 1.807) is 6.26 Å². The summed E-state index contributed by atoms with van der Waals surface area (Å²) < 4.78 is 100. The lowest BCUT2D eigenvalue weighted by atomic mass is 10.0. The first-order chi connectivity index (χ1) is 20.4. The second-order valence-corrected chi connectivity index (χ2v) is 10.1. The van der Waals surface area contributed by atoms with Gasteiger partial charge in [-0.3, -0.25) is 14.6 Å². The van der Waals surface area contributed by atoms with Crippen molar-refractivity contribution in [1.29, 1.82) is 0 Å². The summed E-state index contributed by atoms with van der Waals surface area (Å²) in [5, 5.41) is 21.4. The molecule has 258 valence electrons. The van der Waals surface area contributed by atoms with Crippen LogP contribution in [0.1, 0.15) is 12.0 Å². The first-order valence-corrected chi connectivity index (χ1v) is 12.8. The molecule has 0 bridgehead atoms. The molecule has 0 aromatic carbocycles. The van der Waals surface area contributed by atoms with E-state index in [4.69, 9.17) is 34.1 Å². The number of likely N-dealkylation sites (tertiary alicyclic amines) is 2. The van der Waals surface area contributed by atoms with Gasteiger partial charge in [-0.25, -0.2) is 14.4 Å². The van der Waals surface area contributed by atoms with E-state index in [9.17, 15) is 44.3 Å². The monoisotopic (exact) mass is 674 g/mol. The number of alkyl halides is 9. The third kappa shape index (κ3) is 13.1. The van der Waals surface area contributed by atoms with Crippen LogP contribution in [0.4, 0.5) is 39.5 Å². The van der Waals surface area contributed by atoms with Crippen LogP contribution in [0.2, 0.25) is 0 Å². The number of likely N-dealkylation sites (N-methyl/N-ethyl adjacent to an activating group) is 2. The highest BCUT2D eigenvalue weighted by atomic mass is 19.4. The minimum absolute atomic E-state index is 0.0829. The molecule has 3 atom stereocenters. The Morgan fingerprint density at radius 1 is 0.800 bits per heavy atom. The van der Waals surface area contributed by atoms with E-state index in [-0.39, 0.29) is 6.04 Å². The number of carbonyl (C=O) groups excluding carboxylic acids is 1. The fraction of sp³-hybridized carbons (Fsp3) is 0.667. The maximum absolute atomic E-state index is 12.9. The topological polar surface area (TPSA) is 155 Å². The van der Waals surface area contributed by atoms with E-state index in [0.29, 0.717) is 17.9 Å². The molecule has 4 heterocycles. The first-order valence-electron chi connectivity index (χ1n) is 12.8. The molecule has 0 aliphatic carbocycles. The Kier molecular flexibility index (Phi) is 14.1. The van der Waals surface area contributed by atoms with Crippen LogP contribution in [0, 0.1) is 5.92 Å². The molecule has 0 unspecified atom stereocenters. The van der Waals surface area contributed by atoms with Crippen LogP contribution in [-0.4, -0.2) is 143 Å². The molecule has 3 aliphatic rings. The standard InChI is InChI=1S/C18H28N4O2.3C2HF3O2/c1-19-4-6-22(7-5-19)18(23)16-9-15-11-21(12-17(15)20(16)2)10-14-3-8-24-13-14;3*3-2(4,5)1(6)7/h3,8,13,15-17H,4-7,9-12H2,1-2H3;3*(H,6,7)/t15-,16-,17+;;;/m0.../s1. The molecule has 1 aromatic rings. The number of amides is 1. The van der Waals surface area contributed by atoms with Gasteiger partial charge in [0, 0.05) is 57.4 Å². The number of nitrogens with zero attached hydrogens (tertiary/aromatic N) is 4. The Bertz CT molecular complexity index is 1060. The van der Waals surface area contributed by atoms with Crippen molar-refractivity contribution >= 4 is 23.8 Å². The van der Waals surface area contributed by atoms with Crippen LogP contribution in [0.3, 0.4) is 0 Å². The third-order valence-corrected chi connectivity index (χ3v) is 6.84.